The molecule has 2 unspecified atom stereocenters. The zero-order valence-corrected chi connectivity index (χ0v) is 9.91. The van der Waals surface area contributed by atoms with Gasteiger partial charge in [0.1, 0.15) is 11.9 Å². The first-order chi connectivity index (χ1) is 7.79. The first kappa shape index (κ1) is 11.5. The van der Waals surface area contributed by atoms with Crippen molar-refractivity contribution in [1.29, 1.82) is 0 Å². The van der Waals surface area contributed by atoms with E-state index in [9.17, 15) is 0 Å². The molecule has 0 spiro atoms. The molecule has 1 aromatic rings. The van der Waals surface area contributed by atoms with Gasteiger partial charge in [-0.25, -0.2) is 0 Å². The third-order valence-electron chi connectivity index (χ3n) is 3.21. The molecule has 0 saturated carbocycles. The quantitative estimate of drug-likeness (QED) is 0.839. The van der Waals surface area contributed by atoms with Gasteiger partial charge in [0.05, 0.1) is 0 Å². The first-order valence-electron chi connectivity index (χ1n) is 6.09. The number of nitrogens with one attached hydrogen (secondary N) is 1. The molecule has 1 N–H and O–H groups in total. The number of hydrogen-bond acceptors (Lipinski definition) is 2. The van der Waals surface area contributed by atoms with Crippen molar-refractivity contribution < 1.29 is 4.74 Å². The SMILES string of the molecule is [CH2]c1cccc(OC(CC)C2CCNC2)c1. The lowest BCUT2D eigenvalue weighted by Gasteiger charge is -2.23. The second-order valence-electron chi connectivity index (χ2n) is 4.46. The standard InChI is InChI=1S/C14H20NO/c1-3-14(12-7-8-15-10-12)16-13-6-4-5-11(2)9-13/h4-6,9,12,14-15H,2-3,7-8,10H2,1H3. The van der Waals surface area contributed by atoms with Crippen LogP contribution in [0.2, 0.25) is 0 Å². The molecule has 1 aliphatic rings. The fraction of sp³-hybridized carbons (Fsp3) is 0.500. The summed E-state index contributed by atoms with van der Waals surface area (Å²) >= 11 is 0. The number of benzene rings is 1. The zero-order chi connectivity index (χ0) is 11.4. The fourth-order valence-corrected chi connectivity index (χ4v) is 2.30. The molecule has 2 atom stereocenters. The molecule has 1 radical (unpaired) electrons. The van der Waals surface area contributed by atoms with Gasteiger partial charge in [-0.05, 0) is 44.0 Å². The predicted molar refractivity (Wildman–Crippen MR) is 66.6 cm³/mol. The summed E-state index contributed by atoms with van der Waals surface area (Å²) in [5.74, 6) is 1.60. The van der Waals surface area contributed by atoms with Crippen LogP contribution in [0.3, 0.4) is 0 Å². The van der Waals surface area contributed by atoms with E-state index < -0.39 is 0 Å². The smallest absolute Gasteiger partial charge is 0.120 e. The van der Waals surface area contributed by atoms with Crippen LogP contribution >= 0.6 is 0 Å². The highest BCUT2D eigenvalue weighted by Gasteiger charge is 2.24. The summed E-state index contributed by atoms with van der Waals surface area (Å²) in [6, 6.07) is 8.01. The number of rotatable bonds is 4. The van der Waals surface area contributed by atoms with Crippen molar-refractivity contribution >= 4 is 0 Å². The van der Waals surface area contributed by atoms with Crippen LogP contribution in [0, 0.1) is 12.8 Å². The van der Waals surface area contributed by atoms with Crippen molar-refractivity contribution in [3.8, 4) is 5.75 Å². The normalized spacial score (nSPS) is 22.0. The maximum atomic E-state index is 6.05. The van der Waals surface area contributed by atoms with Crippen molar-refractivity contribution in [2.45, 2.75) is 25.9 Å². The van der Waals surface area contributed by atoms with E-state index >= 15 is 0 Å². The van der Waals surface area contributed by atoms with E-state index in [1.165, 1.54) is 6.42 Å². The highest BCUT2D eigenvalue weighted by molar-refractivity contribution is 5.30. The van der Waals surface area contributed by atoms with Gasteiger partial charge >= 0.3 is 0 Å². The van der Waals surface area contributed by atoms with Gasteiger partial charge in [0.15, 0.2) is 0 Å². The van der Waals surface area contributed by atoms with Crippen LogP contribution in [0.5, 0.6) is 5.75 Å². The molecule has 16 heavy (non-hydrogen) atoms. The summed E-state index contributed by atoms with van der Waals surface area (Å²) in [6.07, 6.45) is 2.62. The maximum absolute atomic E-state index is 6.05. The van der Waals surface area contributed by atoms with E-state index in [1.54, 1.807) is 0 Å². The Morgan fingerprint density at radius 2 is 2.44 bits per heavy atom. The Balaban J connectivity index is 2.00. The fourth-order valence-electron chi connectivity index (χ4n) is 2.30. The van der Waals surface area contributed by atoms with E-state index in [0.717, 1.165) is 30.8 Å². The Morgan fingerprint density at radius 3 is 3.06 bits per heavy atom. The summed E-state index contributed by atoms with van der Waals surface area (Å²) in [5.41, 5.74) is 1.01. The summed E-state index contributed by atoms with van der Waals surface area (Å²) in [4.78, 5) is 0. The molecule has 1 saturated heterocycles. The predicted octanol–water partition coefficient (Wildman–Crippen LogP) is 2.64. The third-order valence-corrected chi connectivity index (χ3v) is 3.21. The molecule has 0 amide bonds. The van der Waals surface area contributed by atoms with Crippen LogP contribution in [0.15, 0.2) is 24.3 Å². The second kappa shape index (κ2) is 5.35. The number of ether oxygens (including phenoxy) is 1. The van der Waals surface area contributed by atoms with Crippen LogP contribution < -0.4 is 10.1 Å². The van der Waals surface area contributed by atoms with Gasteiger partial charge < -0.3 is 10.1 Å². The number of hydrogen-bond donors (Lipinski definition) is 1. The molecule has 0 aromatic heterocycles. The molecule has 1 aliphatic heterocycles. The lowest BCUT2D eigenvalue weighted by molar-refractivity contribution is 0.138. The molecule has 2 nitrogen and oxygen atoms in total. The average molecular weight is 218 g/mol. The minimum absolute atomic E-state index is 0.330. The summed E-state index contributed by atoms with van der Waals surface area (Å²) in [7, 11) is 0. The average Bonchev–Trinajstić information content (AvgIpc) is 2.79. The Kier molecular flexibility index (Phi) is 3.83. The highest BCUT2D eigenvalue weighted by Crippen LogP contribution is 2.22. The van der Waals surface area contributed by atoms with Crippen LogP contribution in [0.1, 0.15) is 25.3 Å². The molecule has 0 aliphatic carbocycles. The van der Waals surface area contributed by atoms with E-state index in [0.29, 0.717) is 12.0 Å². The van der Waals surface area contributed by atoms with Crippen molar-refractivity contribution in [1.82, 2.24) is 5.32 Å². The second-order valence-corrected chi connectivity index (χ2v) is 4.46. The van der Waals surface area contributed by atoms with Gasteiger partial charge in [-0.2, -0.15) is 0 Å². The van der Waals surface area contributed by atoms with Crippen LogP contribution in [0.4, 0.5) is 0 Å². The molecule has 2 heteroatoms. The Bertz CT molecular complexity index is 331. The molecule has 2 rings (SSSR count). The van der Waals surface area contributed by atoms with E-state index in [-0.39, 0.29) is 0 Å². The van der Waals surface area contributed by atoms with Gasteiger partial charge in [-0.1, -0.05) is 19.1 Å². The van der Waals surface area contributed by atoms with Crippen molar-refractivity contribution in [2.75, 3.05) is 13.1 Å². The summed E-state index contributed by atoms with van der Waals surface area (Å²) in [5, 5.41) is 3.39. The minimum Gasteiger partial charge on any atom is -0.490 e. The van der Waals surface area contributed by atoms with Gasteiger partial charge in [0.2, 0.25) is 0 Å². The van der Waals surface area contributed by atoms with Crippen LogP contribution in [-0.2, 0) is 0 Å². The Morgan fingerprint density at radius 1 is 1.56 bits per heavy atom. The van der Waals surface area contributed by atoms with Gasteiger partial charge in [-0.3, -0.25) is 0 Å². The molecule has 1 heterocycles. The molecular weight excluding hydrogens is 198 g/mol. The lowest BCUT2D eigenvalue weighted by atomic mass is 9.99. The van der Waals surface area contributed by atoms with E-state index in [1.807, 2.05) is 24.3 Å². The van der Waals surface area contributed by atoms with Crippen molar-refractivity contribution in [3.05, 3.63) is 36.8 Å². The third kappa shape index (κ3) is 2.76. The molecule has 1 aromatic carbocycles. The summed E-state index contributed by atoms with van der Waals surface area (Å²) < 4.78 is 6.05. The van der Waals surface area contributed by atoms with Gasteiger partial charge in [0, 0.05) is 12.5 Å². The van der Waals surface area contributed by atoms with Gasteiger partial charge in [0.25, 0.3) is 0 Å². The Labute approximate surface area is 98.0 Å². The van der Waals surface area contributed by atoms with Gasteiger partial charge in [-0.15, -0.1) is 0 Å². The first-order valence-corrected chi connectivity index (χ1v) is 6.09. The van der Waals surface area contributed by atoms with E-state index in [4.69, 9.17) is 4.74 Å². The Hall–Kier alpha value is -1.02. The lowest BCUT2D eigenvalue weighted by Crippen LogP contribution is -2.28. The summed E-state index contributed by atoms with van der Waals surface area (Å²) in [6.45, 7) is 8.32. The molecule has 1 fully saturated rings. The van der Waals surface area contributed by atoms with E-state index in [2.05, 4.69) is 19.2 Å². The topological polar surface area (TPSA) is 21.3 Å². The largest absolute Gasteiger partial charge is 0.490 e. The van der Waals surface area contributed by atoms with Crippen LogP contribution in [-0.4, -0.2) is 19.2 Å². The van der Waals surface area contributed by atoms with Crippen LogP contribution in [0.25, 0.3) is 0 Å². The highest BCUT2D eigenvalue weighted by atomic mass is 16.5. The minimum atomic E-state index is 0.330. The molecule has 0 bridgehead atoms. The maximum Gasteiger partial charge on any atom is 0.120 e. The zero-order valence-electron chi connectivity index (χ0n) is 9.91. The monoisotopic (exact) mass is 218 g/mol. The van der Waals surface area contributed by atoms with Crippen molar-refractivity contribution in [3.63, 3.8) is 0 Å². The molecule has 87 valence electrons. The van der Waals surface area contributed by atoms with Crippen molar-refractivity contribution in [2.24, 2.45) is 5.92 Å². The molecular formula is C14H20NO.